The highest BCUT2D eigenvalue weighted by molar-refractivity contribution is 6.31. The lowest BCUT2D eigenvalue weighted by Crippen LogP contribution is -2.50. The van der Waals surface area contributed by atoms with E-state index in [1.165, 1.54) is 56.9 Å². The summed E-state index contributed by atoms with van der Waals surface area (Å²) in [5.74, 6) is -0.879. The number of carboxylic acids is 1. The minimum atomic E-state index is -1.04. The quantitative estimate of drug-likeness (QED) is 0.291. The smallest absolute Gasteiger partial charge is 0.335 e. The normalized spacial score (nSPS) is 27.3. The molecular weight excluding hydrogens is 597 g/mol. The van der Waals surface area contributed by atoms with Crippen molar-refractivity contribution in [2.24, 2.45) is 5.41 Å². The number of nitrogens with zero attached hydrogens (tertiary/aromatic N) is 2. The van der Waals surface area contributed by atoms with Crippen LogP contribution in [0, 0.1) is 5.41 Å². The fourth-order valence-electron chi connectivity index (χ4n) is 8.80. The number of carbonyl (C=O) groups excluding carboxylic acids is 1. The standard InChI is InChI=1S/C35H37Cl2N3O4/c1-34(13-4-3-5-14-34)18-29-35(19-38-26-17-24(37)10-11-25(26)35)30(21-7-6-8-23(36)15-21)31-32(41)39(20-40(29)31)27-12-9-22(33(42)43)16-28(27)44-2/h6-12,15-17,29-31,38H,3-5,13-14,18-20H2,1-2H3,(H,42,43)/t29-,30-,31+,35-/m0/s1. The van der Waals surface area contributed by atoms with Gasteiger partial charge in [0, 0.05) is 39.7 Å². The van der Waals surface area contributed by atoms with Crippen LogP contribution < -0.4 is 15.0 Å². The second-order valence-electron chi connectivity index (χ2n) is 13.3. The number of halogens is 2. The Bertz CT molecular complexity index is 1640. The maximum absolute atomic E-state index is 14.8. The van der Waals surface area contributed by atoms with E-state index in [9.17, 15) is 14.7 Å². The van der Waals surface area contributed by atoms with Gasteiger partial charge >= 0.3 is 5.97 Å². The second kappa shape index (κ2) is 11.0. The van der Waals surface area contributed by atoms with Crippen LogP contribution in [0.15, 0.2) is 60.7 Å². The van der Waals surface area contributed by atoms with Gasteiger partial charge in [-0.1, -0.05) is 67.6 Å². The lowest BCUT2D eigenvalue weighted by molar-refractivity contribution is -0.119. The molecule has 2 saturated heterocycles. The Morgan fingerprint density at radius 1 is 1.05 bits per heavy atom. The fraction of sp³-hybridized carbons (Fsp3) is 0.429. The molecular formula is C35H37Cl2N3O4. The lowest BCUT2D eigenvalue weighted by atomic mass is 9.61. The molecule has 9 heteroatoms. The van der Waals surface area contributed by atoms with Crippen molar-refractivity contribution in [3.05, 3.63) is 87.4 Å². The molecule has 0 aromatic heterocycles. The number of hydrogen-bond donors (Lipinski definition) is 2. The van der Waals surface area contributed by atoms with Crippen molar-refractivity contribution in [1.29, 1.82) is 0 Å². The molecule has 44 heavy (non-hydrogen) atoms. The highest BCUT2D eigenvalue weighted by Gasteiger charge is 2.67. The lowest BCUT2D eigenvalue weighted by Gasteiger charge is -2.45. The predicted molar refractivity (Wildman–Crippen MR) is 173 cm³/mol. The van der Waals surface area contributed by atoms with Crippen LogP contribution in [0.25, 0.3) is 0 Å². The summed E-state index contributed by atoms with van der Waals surface area (Å²) < 4.78 is 5.65. The number of nitrogens with one attached hydrogen (secondary N) is 1. The largest absolute Gasteiger partial charge is 0.495 e. The average molecular weight is 635 g/mol. The number of ether oxygens (including phenoxy) is 1. The number of amides is 1. The summed E-state index contributed by atoms with van der Waals surface area (Å²) in [6, 6.07) is 18.4. The Balaban J connectivity index is 1.41. The number of carboxylic acid groups (broad SMARTS) is 1. The minimum absolute atomic E-state index is 0.0190. The van der Waals surface area contributed by atoms with Crippen LogP contribution in [0.5, 0.6) is 5.75 Å². The van der Waals surface area contributed by atoms with Gasteiger partial charge in [0.25, 0.3) is 0 Å². The summed E-state index contributed by atoms with van der Waals surface area (Å²) in [5, 5.41) is 14.6. The fourth-order valence-corrected chi connectivity index (χ4v) is 9.17. The van der Waals surface area contributed by atoms with Gasteiger partial charge in [-0.15, -0.1) is 0 Å². The van der Waals surface area contributed by atoms with E-state index in [1.807, 2.05) is 30.3 Å². The van der Waals surface area contributed by atoms with Crippen LogP contribution in [0.4, 0.5) is 11.4 Å². The van der Waals surface area contributed by atoms with Gasteiger partial charge < -0.3 is 15.2 Å². The third-order valence-electron chi connectivity index (χ3n) is 10.8. The number of methoxy groups -OCH3 is 1. The van der Waals surface area contributed by atoms with Gasteiger partial charge in [-0.3, -0.25) is 14.6 Å². The zero-order valence-corrected chi connectivity index (χ0v) is 26.5. The van der Waals surface area contributed by atoms with Crippen molar-refractivity contribution >= 4 is 46.5 Å². The SMILES string of the molecule is COc1cc(C(=O)O)ccc1N1CN2[C@@H](CC3(C)CCCCC3)[C@@]3(CNc4cc(Cl)ccc43)[C@@H](c3cccc(Cl)c3)[C@@H]2C1=O. The first-order chi connectivity index (χ1) is 21.1. The summed E-state index contributed by atoms with van der Waals surface area (Å²) in [7, 11) is 1.51. The van der Waals surface area contributed by atoms with Crippen molar-refractivity contribution in [1.82, 2.24) is 4.90 Å². The van der Waals surface area contributed by atoms with Crippen LogP contribution in [-0.4, -0.2) is 54.3 Å². The van der Waals surface area contributed by atoms with Crippen molar-refractivity contribution in [2.45, 2.75) is 68.9 Å². The topological polar surface area (TPSA) is 82.1 Å². The molecule has 230 valence electrons. The van der Waals surface area contributed by atoms with E-state index >= 15 is 0 Å². The molecule has 0 radical (unpaired) electrons. The van der Waals surface area contributed by atoms with E-state index in [0.29, 0.717) is 34.7 Å². The number of rotatable bonds is 6. The molecule has 3 aliphatic heterocycles. The van der Waals surface area contributed by atoms with Gasteiger partial charge in [0.15, 0.2) is 0 Å². The van der Waals surface area contributed by atoms with Gasteiger partial charge in [-0.05, 0) is 78.3 Å². The first kappa shape index (κ1) is 29.5. The number of carbonyl (C=O) groups is 2. The molecule has 1 amide bonds. The molecule has 7 rings (SSSR count). The maximum Gasteiger partial charge on any atom is 0.335 e. The summed E-state index contributed by atoms with van der Waals surface area (Å²) in [5.41, 5.74) is 3.72. The van der Waals surface area contributed by atoms with Crippen LogP contribution in [0.2, 0.25) is 10.0 Å². The Hall–Kier alpha value is -3.26. The molecule has 1 spiro atoms. The van der Waals surface area contributed by atoms with E-state index < -0.39 is 17.4 Å². The number of fused-ring (bicyclic) bond motifs is 3. The van der Waals surface area contributed by atoms with Crippen LogP contribution in [0.3, 0.4) is 0 Å². The van der Waals surface area contributed by atoms with Crippen LogP contribution >= 0.6 is 23.2 Å². The van der Waals surface area contributed by atoms with E-state index in [4.69, 9.17) is 27.9 Å². The molecule has 4 atom stereocenters. The van der Waals surface area contributed by atoms with Crippen LogP contribution in [0.1, 0.15) is 72.9 Å². The summed E-state index contributed by atoms with van der Waals surface area (Å²) in [6.45, 7) is 3.50. The maximum atomic E-state index is 14.8. The summed E-state index contributed by atoms with van der Waals surface area (Å²) in [4.78, 5) is 30.7. The average Bonchev–Trinajstić information content (AvgIpc) is 3.62. The first-order valence-electron chi connectivity index (χ1n) is 15.4. The number of hydrogen-bond acceptors (Lipinski definition) is 5. The van der Waals surface area contributed by atoms with Crippen molar-refractivity contribution in [3.63, 3.8) is 0 Å². The number of anilines is 2. The Kier molecular flexibility index (Phi) is 7.34. The van der Waals surface area contributed by atoms with E-state index in [-0.39, 0.29) is 28.8 Å². The molecule has 0 bridgehead atoms. The highest BCUT2D eigenvalue weighted by atomic mass is 35.5. The predicted octanol–water partition coefficient (Wildman–Crippen LogP) is 7.56. The molecule has 1 saturated carbocycles. The van der Waals surface area contributed by atoms with Gasteiger partial charge in [-0.2, -0.15) is 0 Å². The van der Waals surface area contributed by atoms with Crippen molar-refractivity contribution in [3.8, 4) is 5.75 Å². The molecule has 3 fully saturated rings. The zero-order valence-electron chi connectivity index (χ0n) is 25.0. The Morgan fingerprint density at radius 2 is 1.82 bits per heavy atom. The molecule has 0 unspecified atom stereocenters. The summed E-state index contributed by atoms with van der Waals surface area (Å²) in [6.07, 6.45) is 7.01. The minimum Gasteiger partial charge on any atom is -0.495 e. The number of benzene rings is 3. The molecule has 3 aromatic carbocycles. The molecule has 7 nitrogen and oxygen atoms in total. The van der Waals surface area contributed by atoms with Crippen LogP contribution in [-0.2, 0) is 10.2 Å². The monoisotopic (exact) mass is 633 g/mol. The van der Waals surface area contributed by atoms with Crippen molar-refractivity contribution in [2.75, 3.05) is 30.5 Å². The van der Waals surface area contributed by atoms with Gasteiger partial charge in [0.1, 0.15) is 5.75 Å². The Labute approximate surface area is 268 Å². The molecule has 3 heterocycles. The first-order valence-corrected chi connectivity index (χ1v) is 16.2. The van der Waals surface area contributed by atoms with Gasteiger partial charge in [0.05, 0.1) is 31.1 Å². The molecule has 2 N–H and O–H groups in total. The highest BCUT2D eigenvalue weighted by Crippen LogP contribution is 2.62. The molecule has 4 aliphatic rings. The van der Waals surface area contributed by atoms with Gasteiger partial charge in [0.2, 0.25) is 5.91 Å². The third kappa shape index (κ3) is 4.58. The summed E-state index contributed by atoms with van der Waals surface area (Å²) >= 11 is 13.1. The second-order valence-corrected chi connectivity index (χ2v) is 14.1. The van der Waals surface area contributed by atoms with E-state index in [0.717, 1.165) is 17.7 Å². The molecule has 1 aliphatic carbocycles. The third-order valence-corrected chi connectivity index (χ3v) is 11.2. The zero-order chi connectivity index (χ0) is 30.8. The van der Waals surface area contributed by atoms with Gasteiger partial charge in [-0.25, -0.2) is 4.79 Å². The molecule has 3 aromatic rings. The van der Waals surface area contributed by atoms with E-state index in [2.05, 4.69) is 29.3 Å². The number of aromatic carboxylic acids is 1. The Morgan fingerprint density at radius 3 is 2.55 bits per heavy atom. The van der Waals surface area contributed by atoms with E-state index in [1.54, 1.807) is 11.0 Å². The van der Waals surface area contributed by atoms with Crippen molar-refractivity contribution < 1.29 is 19.4 Å².